The third kappa shape index (κ3) is 32.9. The highest BCUT2D eigenvalue weighted by molar-refractivity contribution is 5.97. The first kappa shape index (κ1) is 54.1. The fourth-order valence-electron chi connectivity index (χ4n) is 8.18. The van der Waals surface area contributed by atoms with Gasteiger partial charge in [0.15, 0.2) is 0 Å². The summed E-state index contributed by atoms with van der Waals surface area (Å²) in [5, 5.41) is 6.34. The fraction of sp³-hybridized carbons (Fsp3) is 0.846. The average molecular weight is 811 g/mol. The molecule has 0 fully saturated rings. The van der Waals surface area contributed by atoms with Gasteiger partial charge in [0.25, 0.3) is 11.8 Å². The predicted octanol–water partition coefficient (Wildman–Crippen LogP) is 14.3. The Bertz CT molecular complexity index is 910. The van der Waals surface area contributed by atoms with Crippen molar-refractivity contribution in [3.8, 4) is 0 Å². The molecule has 1 rings (SSSR count). The molecule has 338 valence electrons. The second-order valence-corrected chi connectivity index (χ2v) is 17.7. The van der Waals surface area contributed by atoms with Crippen LogP contribution in [0, 0.1) is 0 Å². The number of rotatable bonds is 44. The van der Waals surface area contributed by atoms with E-state index in [1.54, 1.807) is 24.3 Å². The predicted molar refractivity (Wildman–Crippen MR) is 254 cm³/mol. The fourth-order valence-corrected chi connectivity index (χ4v) is 8.18. The molecule has 0 unspecified atom stereocenters. The maximum atomic E-state index is 13.1. The minimum Gasteiger partial charge on any atom is -0.351 e. The van der Waals surface area contributed by atoms with Crippen molar-refractivity contribution in [2.45, 2.75) is 233 Å². The molecule has 2 N–H and O–H groups in total. The highest BCUT2D eigenvalue weighted by atomic mass is 16.2. The van der Waals surface area contributed by atoms with Crippen molar-refractivity contribution in [2.75, 3.05) is 52.4 Å². The second kappa shape index (κ2) is 41.8. The lowest BCUT2D eigenvalue weighted by atomic mass is 10.1. The molecule has 2 amide bonds. The third-order valence-corrected chi connectivity index (χ3v) is 12.1. The van der Waals surface area contributed by atoms with Crippen LogP contribution >= 0.6 is 0 Å². The Morgan fingerprint density at radius 1 is 0.328 bits per heavy atom. The summed E-state index contributed by atoms with van der Waals surface area (Å²) in [6, 6.07) is 7.22. The normalized spacial score (nSPS) is 11.6. The highest BCUT2D eigenvalue weighted by Gasteiger charge is 2.12. The van der Waals surface area contributed by atoms with Crippen molar-refractivity contribution < 1.29 is 9.59 Å². The maximum Gasteiger partial charge on any atom is 0.251 e. The zero-order chi connectivity index (χ0) is 42.0. The SMILES string of the molecule is CCCCCCCCCCN(CCCCCCCCCC)CCNC(=O)c1ccc(C(=O)NCCN(CCCCCCCCCC)CCCCCCCCCC)cc1. The van der Waals surface area contributed by atoms with Gasteiger partial charge in [-0.05, 0) is 76.1 Å². The number of nitrogens with one attached hydrogen (secondary N) is 2. The van der Waals surface area contributed by atoms with Gasteiger partial charge in [-0.1, -0.05) is 207 Å². The van der Waals surface area contributed by atoms with Gasteiger partial charge in [0.2, 0.25) is 0 Å². The summed E-state index contributed by atoms with van der Waals surface area (Å²) in [7, 11) is 0. The molecule has 0 aliphatic rings. The largest absolute Gasteiger partial charge is 0.351 e. The molecule has 58 heavy (non-hydrogen) atoms. The summed E-state index contributed by atoms with van der Waals surface area (Å²) in [5.74, 6) is -0.104. The van der Waals surface area contributed by atoms with Crippen molar-refractivity contribution in [2.24, 2.45) is 0 Å². The molecule has 0 aliphatic carbocycles. The van der Waals surface area contributed by atoms with E-state index in [0.717, 1.165) is 39.3 Å². The van der Waals surface area contributed by atoms with Crippen molar-refractivity contribution in [3.63, 3.8) is 0 Å². The van der Waals surface area contributed by atoms with Gasteiger partial charge in [-0.3, -0.25) is 9.59 Å². The molecule has 0 heterocycles. The molecule has 0 saturated heterocycles. The van der Waals surface area contributed by atoms with Gasteiger partial charge in [0, 0.05) is 37.3 Å². The van der Waals surface area contributed by atoms with Crippen LogP contribution in [-0.4, -0.2) is 74.0 Å². The molecule has 1 aromatic carbocycles. The van der Waals surface area contributed by atoms with Gasteiger partial charge in [-0.25, -0.2) is 0 Å². The molecule has 6 nitrogen and oxygen atoms in total. The van der Waals surface area contributed by atoms with Gasteiger partial charge in [-0.2, -0.15) is 0 Å². The lowest BCUT2D eigenvalue weighted by Gasteiger charge is -2.23. The van der Waals surface area contributed by atoms with Crippen LogP contribution in [-0.2, 0) is 0 Å². The molecule has 6 heteroatoms. The van der Waals surface area contributed by atoms with Crippen molar-refractivity contribution >= 4 is 11.8 Å². The van der Waals surface area contributed by atoms with Crippen molar-refractivity contribution in [3.05, 3.63) is 35.4 Å². The Labute approximate surface area is 361 Å². The van der Waals surface area contributed by atoms with Crippen LogP contribution in [0.2, 0.25) is 0 Å². The van der Waals surface area contributed by atoms with E-state index in [1.807, 2.05) is 0 Å². The minimum absolute atomic E-state index is 0.0522. The number of amides is 2. The Hall–Kier alpha value is -1.92. The Morgan fingerprint density at radius 2 is 0.534 bits per heavy atom. The van der Waals surface area contributed by atoms with Gasteiger partial charge in [-0.15, -0.1) is 0 Å². The standard InChI is InChI=1S/C52H98N4O2/c1-5-9-13-17-21-25-29-33-43-55(44-34-30-26-22-18-14-10-6-2)47-41-53-51(57)49-37-39-50(40-38-49)52(58)54-42-48-56(45-35-31-27-23-19-15-11-7-3)46-36-32-28-24-20-16-12-8-4/h37-40H,5-36,41-48H2,1-4H3,(H,53,57)(H,54,58). The lowest BCUT2D eigenvalue weighted by molar-refractivity contribution is 0.0936. The molecule has 1 aromatic rings. The molecule has 0 aromatic heterocycles. The quantitative estimate of drug-likeness (QED) is 0.0644. The van der Waals surface area contributed by atoms with Gasteiger partial charge >= 0.3 is 0 Å². The topological polar surface area (TPSA) is 64.7 Å². The molecule has 0 bridgehead atoms. The number of benzene rings is 1. The number of carbonyl (C=O) groups is 2. The first-order valence-electron chi connectivity index (χ1n) is 25.7. The summed E-state index contributed by atoms with van der Waals surface area (Å²) in [6.45, 7) is 16.7. The smallest absolute Gasteiger partial charge is 0.251 e. The van der Waals surface area contributed by atoms with E-state index in [2.05, 4.69) is 48.1 Å². The Morgan fingerprint density at radius 3 is 0.759 bits per heavy atom. The Balaban J connectivity index is 2.51. The second-order valence-electron chi connectivity index (χ2n) is 17.7. The molecule has 0 spiro atoms. The molecular weight excluding hydrogens is 713 g/mol. The van der Waals surface area contributed by atoms with Gasteiger partial charge in [0.1, 0.15) is 0 Å². The van der Waals surface area contributed by atoms with E-state index in [0.29, 0.717) is 24.2 Å². The van der Waals surface area contributed by atoms with Crippen molar-refractivity contribution in [1.82, 2.24) is 20.4 Å². The summed E-state index contributed by atoms with van der Waals surface area (Å²) in [6.07, 6.45) is 42.9. The summed E-state index contributed by atoms with van der Waals surface area (Å²) < 4.78 is 0. The van der Waals surface area contributed by atoms with Crippen LogP contribution < -0.4 is 10.6 Å². The van der Waals surface area contributed by atoms with Crippen LogP contribution in [0.1, 0.15) is 254 Å². The van der Waals surface area contributed by atoms with E-state index in [9.17, 15) is 9.59 Å². The van der Waals surface area contributed by atoms with E-state index in [1.165, 1.54) is 205 Å². The summed E-state index contributed by atoms with van der Waals surface area (Å²) in [4.78, 5) is 31.4. The number of unbranched alkanes of at least 4 members (excludes halogenated alkanes) is 28. The molecular formula is C52H98N4O2. The monoisotopic (exact) mass is 811 g/mol. The van der Waals surface area contributed by atoms with E-state index in [-0.39, 0.29) is 11.8 Å². The van der Waals surface area contributed by atoms with Crippen LogP contribution in [0.15, 0.2) is 24.3 Å². The maximum absolute atomic E-state index is 13.1. The number of carbonyl (C=O) groups excluding carboxylic acids is 2. The number of nitrogens with zero attached hydrogens (tertiary/aromatic N) is 2. The summed E-state index contributed by atoms with van der Waals surface area (Å²) >= 11 is 0. The van der Waals surface area contributed by atoms with Crippen LogP contribution in [0.3, 0.4) is 0 Å². The first-order chi connectivity index (χ1) is 28.5. The van der Waals surface area contributed by atoms with E-state index < -0.39 is 0 Å². The van der Waals surface area contributed by atoms with Crippen LogP contribution in [0.5, 0.6) is 0 Å². The highest BCUT2D eigenvalue weighted by Crippen LogP contribution is 2.14. The van der Waals surface area contributed by atoms with Crippen LogP contribution in [0.4, 0.5) is 0 Å². The zero-order valence-electron chi connectivity index (χ0n) is 39.3. The molecule has 0 saturated carbocycles. The summed E-state index contributed by atoms with van der Waals surface area (Å²) in [5.41, 5.74) is 1.24. The lowest BCUT2D eigenvalue weighted by Crippen LogP contribution is -2.36. The zero-order valence-corrected chi connectivity index (χ0v) is 39.3. The average Bonchev–Trinajstić information content (AvgIpc) is 3.24. The minimum atomic E-state index is -0.0522. The van der Waals surface area contributed by atoms with Crippen molar-refractivity contribution in [1.29, 1.82) is 0 Å². The molecule has 0 aliphatic heterocycles. The van der Waals surface area contributed by atoms with Gasteiger partial charge in [0.05, 0.1) is 0 Å². The van der Waals surface area contributed by atoms with Gasteiger partial charge < -0.3 is 20.4 Å². The van der Waals surface area contributed by atoms with Crippen LogP contribution in [0.25, 0.3) is 0 Å². The third-order valence-electron chi connectivity index (χ3n) is 12.1. The van der Waals surface area contributed by atoms with E-state index >= 15 is 0 Å². The Kier molecular flexibility index (Phi) is 39.0. The number of hydrogen-bond acceptors (Lipinski definition) is 4. The first-order valence-corrected chi connectivity index (χ1v) is 25.7. The number of hydrogen-bond donors (Lipinski definition) is 2. The molecule has 0 atom stereocenters. The molecule has 0 radical (unpaired) electrons. The van der Waals surface area contributed by atoms with E-state index in [4.69, 9.17) is 0 Å².